The summed E-state index contributed by atoms with van der Waals surface area (Å²) in [6.07, 6.45) is 2.80. The molecule has 4 nitrogen and oxygen atoms in total. The van der Waals surface area contributed by atoms with Crippen LogP contribution in [-0.4, -0.2) is 32.7 Å². The number of para-hydroxylation sites is 2. The Kier molecular flexibility index (Phi) is 5.67. The van der Waals surface area contributed by atoms with E-state index in [0.717, 1.165) is 29.4 Å². The van der Waals surface area contributed by atoms with Gasteiger partial charge >= 0.3 is 0 Å². The van der Waals surface area contributed by atoms with E-state index in [9.17, 15) is 20.4 Å². The number of phenolic OH excluding ortho intramolecular Hbond substituents is 4. The first kappa shape index (κ1) is 15.9. The maximum atomic E-state index is 9.70. The van der Waals surface area contributed by atoms with Gasteiger partial charge in [0.2, 0.25) is 0 Å². The maximum Gasteiger partial charge on any atom is 0.164 e. The van der Waals surface area contributed by atoms with Crippen molar-refractivity contribution in [1.82, 2.24) is 0 Å². The lowest BCUT2D eigenvalue weighted by Crippen LogP contribution is -1.99. The monoisotopic (exact) mass is 324 g/mol. The van der Waals surface area contributed by atoms with Crippen molar-refractivity contribution in [1.29, 1.82) is 0 Å². The predicted molar refractivity (Wildman–Crippen MR) is 89.8 cm³/mol. The number of phenols is 4. The summed E-state index contributed by atoms with van der Waals surface area (Å²) in [5, 5.41) is 39.8. The SMILES string of the molecule is Oc1cccc(PCCCPc2cccc(O)c2O)c1O. The molecule has 2 rings (SSSR count). The molecule has 2 aromatic rings. The smallest absolute Gasteiger partial charge is 0.164 e. The second-order valence-electron chi connectivity index (χ2n) is 4.55. The first-order chi connectivity index (χ1) is 10.1. The van der Waals surface area contributed by atoms with Gasteiger partial charge in [0.25, 0.3) is 0 Å². The van der Waals surface area contributed by atoms with Crippen molar-refractivity contribution in [3.8, 4) is 23.0 Å². The van der Waals surface area contributed by atoms with Crippen molar-refractivity contribution in [3.05, 3.63) is 36.4 Å². The van der Waals surface area contributed by atoms with Gasteiger partial charge in [0.15, 0.2) is 23.0 Å². The van der Waals surface area contributed by atoms with Crippen molar-refractivity contribution in [2.45, 2.75) is 6.42 Å². The summed E-state index contributed by atoms with van der Waals surface area (Å²) in [6.45, 7) is 0. The molecule has 0 aliphatic heterocycles. The zero-order valence-electron chi connectivity index (χ0n) is 11.4. The van der Waals surface area contributed by atoms with Crippen molar-refractivity contribution >= 4 is 27.8 Å². The largest absolute Gasteiger partial charge is 0.504 e. The van der Waals surface area contributed by atoms with Gasteiger partial charge in [0.1, 0.15) is 0 Å². The Morgan fingerprint density at radius 1 is 0.667 bits per heavy atom. The summed E-state index contributed by atoms with van der Waals surface area (Å²) < 4.78 is 0. The molecule has 2 aromatic carbocycles. The summed E-state index contributed by atoms with van der Waals surface area (Å²) in [4.78, 5) is 0. The van der Waals surface area contributed by atoms with E-state index < -0.39 is 0 Å². The molecule has 0 fully saturated rings. The van der Waals surface area contributed by atoms with Crippen LogP contribution in [0.25, 0.3) is 0 Å². The van der Waals surface area contributed by atoms with Gasteiger partial charge in [0, 0.05) is 10.6 Å². The summed E-state index contributed by atoms with van der Waals surface area (Å²) in [5.74, 6) is -0.203. The number of rotatable bonds is 6. The van der Waals surface area contributed by atoms with Crippen LogP contribution in [0, 0.1) is 0 Å². The van der Waals surface area contributed by atoms with Crippen LogP contribution < -0.4 is 10.6 Å². The van der Waals surface area contributed by atoms with Crippen LogP contribution in [0.15, 0.2) is 36.4 Å². The lowest BCUT2D eigenvalue weighted by molar-refractivity contribution is 0.407. The average Bonchev–Trinajstić information content (AvgIpc) is 2.47. The summed E-state index contributed by atoms with van der Waals surface area (Å²) in [5.41, 5.74) is 0. The highest BCUT2D eigenvalue weighted by atomic mass is 31.1. The normalized spacial score (nSPS) is 11.8. The van der Waals surface area contributed by atoms with Crippen LogP contribution in [0.4, 0.5) is 0 Å². The topological polar surface area (TPSA) is 80.9 Å². The summed E-state index contributed by atoms with van der Waals surface area (Å²) >= 11 is 0. The van der Waals surface area contributed by atoms with Crippen LogP contribution in [0.3, 0.4) is 0 Å². The van der Waals surface area contributed by atoms with Crippen molar-refractivity contribution < 1.29 is 20.4 Å². The third-order valence-electron chi connectivity index (χ3n) is 3.01. The van der Waals surface area contributed by atoms with Crippen molar-refractivity contribution in [2.75, 3.05) is 12.3 Å². The Morgan fingerprint density at radius 3 is 1.52 bits per heavy atom. The predicted octanol–water partition coefficient (Wildman–Crippen LogP) is 2.21. The molecule has 0 radical (unpaired) electrons. The number of hydrogen-bond acceptors (Lipinski definition) is 4. The maximum absolute atomic E-state index is 9.70. The molecule has 112 valence electrons. The average molecular weight is 324 g/mol. The van der Waals surface area contributed by atoms with Crippen molar-refractivity contribution in [3.63, 3.8) is 0 Å². The van der Waals surface area contributed by atoms with Gasteiger partial charge in [0.05, 0.1) is 0 Å². The van der Waals surface area contributed by atoms with E-state index in [0.29, 0.717) is 17.2 Å². The molecule has 0 aliphatic rings. The van der Waals surface area contributed by atoms with Crippen LogP contribution in [0.5, 0.6) is 23.0 Å². The molecular weight excluding hydrogens is 306 g/mol. The molecule has 0 saturated carbocycles. The highest BCUT2D eigenvalue weighted by Crippen LogP contribution is 2.30. The fraction of sp³-hybridized carbons (Fsp3) is 0.200. The van der Waals surface area contributed by atoms with Gasteiger partial charge < -0.3 is 20.4 Å². The zero-order valence-corrected chi connectivity index (χ0v) is 13.4. The van der Waals surface area contributed by atoms with Gasteiger partial charge in [-0.2, -0.15) is 0 Å². The Bertz CT molecular complexity index is 563. The Morgan fingerprint density at radius 2 is 1.10 bits per heavy atom. The molecule has 6 heteroatoms. The molecule has 0 aromatic heterocycles. The lowest BCUT2D eigenvalue weighted by Gasteiger charge is -2.07. The molecule has 2 unspecified atom stereocenters. The molecule has 0 amide bonds. The quantitative estimate of drug-likeness (QED) is 0.373. The molecule has 0 spiro atoms. The summed E-state index contributed by atoms with van der Waals surface area (Å²) in [7, 11) is 0.889. The molecule has 2 atom stereocenters. The fourth-order valence-corrected chi connectivity index (χ4v) is 4.50. The van der Waals surface area contributed by atoms with Gasteiger partial charge in [-0.3, -0.25) is 0 Å². The molecule has 21 heavy (non-hydrogen) atoms. The van der Waals surface area contributed by atoms with Gasteiger partial charge in [-0.25, -0.2) is 0 Å². The van der Waals surface area contributed by atoms with E-state index in [2.05, 4.69) is 0 Å². The minimum atomic E-state index is -0.0773. The van der Waals surface area contributed by atoms with Crippen LogP contribution in [0.2, 0.25) is 0 Å². The molecule has 0 aliphatic carbocycles. The molecular formula is C15H18O4P2. The van der Waals surface area contributed by atoms with Gasteiger partial charge in [-0.15, -0.1) is 0 Å². The van der Waals surface area contributed by atoms with E-state index in [4.69, 9.17) is 0 Å². The van der Waals surface area contributed by atoms with Crippen molar-refractivity contribution in [2.24, 2.45) is 0 Å². The summed E-state index contributed by atoms with van der Waals surface area (Å²) in [6, 6.07) is 10.0. The molecule has 0 heterocycles. The molecule has 4 N–H and O–H groups in total. The highest BCUT2D eigenvalue weighted by molar-refractivity contribution is 7.48. The van der Waals surface area contributed by atoms with E-state index in [1.54, 1.807) is 12.1 Å². The van der Waals surface area contributed by atoms with E-state index in [1.165, 1.54) is 12.1 Å². The van der Waals surface area contributed by atoms with Crippen LogP contribution >= 0.6 is 17.2 Å². The standard InChI is InChI=1S/C15H18O4P2/c16-10-4-1-6-12(14(10)18)20-8-3-9-21-13-7-2-5-11(17)15(13)19/h1-2,4-7,16-21H,3,8-9H2. The van der Waals surface area contributed by atoms with Gasteiger partial charge in [-0.05, 0) is 30.9 Å². The third-order valence-corrected chi connectivity index (χ3v) is 5.79. The van der Waals surface area contributed by atoms with E-state index in [-0.39, 0.29) is 23.0 Å². The minimum Gasteiger partial charge on any atom is -0.504 e. The molecule has 0 saturated heterocycles. The second-order valence-corrected chi connectivity index (χ2v) is 7.34. The Labute approximate surface area is 127 Å². The zero-order chi connectivity index (χ0) is 15.2. The lowest BCUT2D eigenvalue weighted by atomic mass is 10.3. The minimum absolute atomic E-state index is 0.0242. The van der Waals surface area contributed by atoms with Crippen LogP contribution in [0.1, 0.15) is 6.42 Å². The van der Waals surface area contributed by atoms with E-state index in [1.807, 2.05) is 12.1 Å². The molecule has 0 bridgehead atoms. The van der Waals surface area contributed by atoms with Gasteiger partial charge in [-0.1, -0.05) is 41.4 Å². The number of benzene rings is 2. The number of aromatic hydroxyl groups is 4. The van der Waals surface area contributed by atoms with Crippen LogP contribution in [-0.2, 0) is 0 Å². The Balaban J connectivity index is 1.78. The second kappa shape index (κ2) is 7.49. The highest BCUT2D eigenvalue weighted by Gasteiger charge is 2.07. The van der Waals surface area contributed by atoms with E-state index >= 15 is 0 Å². The first-order valence-corrected chi connectivity index (χ1v) is 9.00. The first-order valence-electron chi connectivity index (χ1n) is 6.59. The third kappa shape index (κ3) is 4.23. The fourth-order valence-electron chi connectivity index (χ4n) is 1.88. The number of hydrogen-bond donors (Lipinski definition) is 4. The Hall–Kier alpha value is -1.50.